The van der Waals surface area contributed by atoms with Crippen LogP contribution < -0.4 is 5.73 Å². The van der Waals surface area contributed by atoms with E-state index in [0.29, 0.717) is 0 Å². The number of hydrogen-bond donors (Lipinski definition) is 1. The highest BCUT2D eigenvalue weighted by Crippen LogP contribution is 2.34. The molecule has 0 fully saturated rings. The Kier molecular flexibility index (Phi) is 1.83. The van der Waals surface area contributed by atoms with Crippen LogP contribution >= 0.6 is 0 Å². The van der Waals surface area contributed by atoms with E-state index in [4.69, 9.17) is 5.73 Å². The molecule has 1 aliphatic carbocycles. The number of carbonyl (C=O) groups excluding carboxylic acids is 1. The van der Waals surface area contributed by atoms with Gasteiger partial charge >= 0.3 is 0 Å². The molecule has 3 rings (SSSR count). The quantitative estimate of drug-likeness (QED) is 0.770. The van der Waals surface area contributed by atoms with Gasteiger partial charge < -0.3 is 5.73 Å². The molecule has 0 heterocycles. The highest BCUT2D eigenvalue weighted by molar-refractivity contribution is 6.00. The van der Waals surface area contributed by atoms with Crippen LogP contribution in [-0.2, 0) is 4.79 Å². The number of primary amides is 1. The van der Waals surface area contributed by atoms with Crippen molar-refractivity contribution in [2.24, 2.45) is 5.73 Å². The smallest absolute Gasteiger partial charge is 0.228 e. The lowest BCUT2D eigenvalue weighted by molar-refractivity contribution is -0.118. The van der Waals surface area contributed by atoms with E-state index in [0.717, 1.165) is 21.9 Å². The molecule has 16 heavy (non-hydrogen) atoms. The van der Waals surface area contributed by atoms with Crippen LogP contribution in [0.25, 0.3) is 16.8 Å². The van der Waals surface area contributed by atoms with Gasteiger partial charge in [-0.15, -0.1) is 0 Å². The summed E-state index contributed by atoms with van der Waals surface area (Å²) in [6.07, 6.45) is 3.85. The van der Waals surface area contributed by atoms with Crippen molar-refractivity contribution in [3.63, 3.8) is 0 Å². The van der Waals surface area contributed by atoms with Gasteiger partial charge in [-0.05, 0) is 21.9 Å². The van der Waals surface area contributed by atoms with Crippen molar-refractivity contribution in [3.05, 3.63) is 53.6 Å². The Bertz CT molecular complexity index is 608. The van der Waals surface area contributed by atoms with Crippen LogP contribution in [0.15, 0.2) is 42.5 Å². The largest absolute Gasteiger partial charge is 0.369 e. The van der Waals surface area contributed by atoms with Gasteiger partial charge in [0, 0.05) is 0 Å². The Balaban J connectivity index is 2.40. The molecule has 78 valence electrons. The van der Waals surface area contributed by atoms with E-state index in [-0.39, 0.29) is 11.8 Å². The minimum Gasteiger partial charge on any atom is -0.369 e. The summed E-state index contributed by atoms with van der Waals surface area (Å²) >= 11 is 0. The van der Waals surface area contributed by atoms with Gasteiger partial charge in [0.25, 0.3) is 0 Å². The van der Waals surface area contributed by atoms with Gasteiger partial charge in [-0.1, -0.05) is 48.6 Å². The predicted molar refractivity (Wildman–Crippen MR) is 64.9 cm³/mol. The standard InChI is InChI=1S/C14H11NO/c15-14(16)12-8-7-10-4-1-3-9-5-2-6-11(12)13(9)10/h1-8,12H,(H2,15,16). The number of rotatable bonds is 1. The summed E-state index contributed by atoms with van der Waals surface area (Å²) in [5.41, 5.74) is 7.58. The molecule has 2 N–H and O–H groups in total. The fraction of sp³-hybridized carbons (Fsp3) is 0.0714. The van der Waals surface area contributed by atoms with Gasteiger partial charge in [-0.3, -0.25) is 4.79 Å². The average Bonchev–Trinajstić information content (AvgIpc) is 2.30. The second-order valence-electron chi connectivity index (χ2n) is 4.03. The molecule has 2 heteroatoms. The van der Waals surface area contributed by atoms with Gasteiger partial charge in [0.05, 0.1) is 5.92 Å². The molecule has 0 saturated heterocycles. The van der Waals surface area contributed by atoms with Crippen molar-refractivity contribution in [1.29, 1.82) is 0 Å². The number of carbonyl (C=O) groups is 1. The van der Waals surface area contributed by atoms with E-state index in [9.17, 15) is 4.79 Å². The number of nitrogens with two attached hydrogens (primary N) is 1. The average molecular weight is 209 g/mol. The lowest BCUT2D eigenvalue weighted by Crippen LogP contribution is -2.21. The first-order valence-corrected chi connectivity index (χ1v) is 5.26. The fourth-order valence-electron chi connectivity index (χ4n) is 2.35. The molecule has 1 atom stereocenters. The van der Waals surface area contributed by atoms with Gasteiger partial charge in [0.15, 0.2) is 0 Å². The molecule has 2 aromatic carbocycles. The second kappa shape index (κ2) is 3.20. The highest BCUT2D eigenvalue weighted by atomic mass is 16.1. The first-order chi connectivity index (χ1) is 7.77. The van der Waals surface area contributed by atoms with E-state index in [2.05, 4.69) is 18.2 Å². The third-order valence-corrected chi connectivity index (χ3v) is 3.08. The van der Waals surface area contributed by atoms with Crippen LogP contribution in [-0.4, -0.2) is 5.91 Å². The molecular formula is C14H11NO. The molecule has 1 unspecified atom stereocenters. The molecule has 1 aliphatic rings. The Morgan fingerprint density at radius 3 is 2.62 bits per heavy atom. The maximum Gasteiger partial charge on any atom is 0.228 e. The monoisotopic (exact) mass is 209 g/mol. The van der Waals surface area contributed by atoms with Crippen molar-refractivity contribution in [2.45, 2.75) is 5.92 Å². The Morgan fingerprint density at radius 2 is 1.88 bits per heavy atom. The Hall–Kier alpha value is -2.09. The van der Waals surface area contributed by atoms with Crippen molar-refractivity contribution in [2.75, 3.05) is 0 Å². The zero-order valence-electron chi connectivity index (χ0n) is 8.68. The van der Waals surface area contributed by atoms with Crippen LogP contribution in [0.3, 0.4) is 0 Å². The zero-order valence-corrected chi connectivity index (χ0v) is 8.68. The van der Waals surface area contributed by atoms with E-state index in [1.54, 1.807) is 0 Å². The molecule has 1 amide bonds. The van der Waals surface area contributed by atoms with Crippen molar-refractivity contribution >= 4 is 22.8 Å². The number of benzene rings is 2. The third kappa shape index (κ3) is 1.16. The van der Waals surface area contributed by atoms with E-state index in [1.807, 2.05) is 30.4 Å². The van der Waals surface area contributed by atoms with Gasteiger partial charge in [0.1, 0.15) is 0 Å². The van der Waals surface area contributed by atoms with Crippen LogP contribution in [0.2, 0.25) is 0 Å². The summed E-state index contributed by atoms with van der Waals surface area (Å²) in [5, 5.41) is 2.31. The van der Waals surface area contributed by atoms with Crippen LogP contribution in [0.1, 0.15) is 17.0 Å². The third-order valence-electron chi connectivity index (χ3n) is 3.08. The first kappa shape index (κ1) is 9.16. The molecular weight excluding hydrogens is 198 g/mol. The molecule has 0 saturated carbocycles. The molecule has 2 aromatic rings. The minimum absolute atomic E-state index is 0.293. The predicted octanol–water partition coefficient (Wildman–Crippen LogP) is 2.44. The summed E-state index contributed by atoms with van der Waals surface area (Å²) < 4.78 is 0. The SMILES string of the molecule is NC(=O)C1C=Cc2cccc3cccc1c23. The van der Waals surface area contributed by atoms with Crippen molar-refractivity contribution in [1.82, 2.24) is 0 Å². The second-order valence-corrected chi connectivity index (χ2v) is 4.03. The van der Waals surface area contributed by atoms with Gasteiger partial charge in [-0.2, -0.15) is 0 Å². The molecule has 0 radical (unpaired) electrons. The maximum atomic E-state index is 11.4. The van der Waals surface area contributed by atoms with Crippen LogP contribution in [0, 0.1) is 0 Å². The summed E-state index contributed by atoms with van der Waals surface area (Å²) in [6.45, 7) is 0. The summed E-state index contributed by atoms with van der Waals surface area (Å²) in [4.78, 5) is 11.4. The van der Waals surface area contributed by atoms with Crippen molar-refractivity contribution < 1.29 is 4.79 Å². The number of hydrogen-bond acceptors (Lipinski definition) is 1. The highest BCUT2D eigenvalue weighted by Gasteiger charge is 2.21. The fourth-order valence-corrected chi connectivity index (χ4v) is 2.35. The zero-order chi connectivity index (χ0) is 11.1. The Labute approximate surface area is 93.4 Å². The summed E-state index contributed by atoms with van der Waals surface area (Å²) in [7, 11) is 0. The normalized spacial score (nSPS) is 17.6. The van der Waals surface area contributed by atoms with Gasteiger partial charge in [0.2, 0.25) is 5.91 Å². The molecule has 0 spiro atoms. The minimum atomic E-state index is -0.293. The Morgan fingerprint density at radius 1 is 1.12 bits per heavy atom. The number of amides is 1. The van der Waals surface area contributed by atoms with Crippen molar-refractivity contribution in [3.8, 4) is 0 Å². The van der Waals surface area contributed by atoms with Crippen LogP contribution in [0.5, 0.6) is 0 Å². The molecule has 0 aromatic heterocycles. The van der Waals surface area contributed by atoms with E-state index in [1.165, 1.54) is 0 Å². The lowest BCUT2D eigenvalue weighted by atomic mass is 9.86. The molecule has 0 aliphatic heterocycles. The molecule has 0 bridgehead atoms. The van der Waals surface area contributed by atoms with E-state index < -0.39 is 0 Å². The summed E-state index contributed by atoms with van der Waals surface area (Å²) in [6, 6.07) is 12.1. The lowest BCUT2D eigenvalue weighted by Gasteiger charge is -2.18. The van der Waals surface area contributed by atoms with E-state index >= 15 is 0 Å². The molecule has 2 nitrogen and oxygen atoms in total. The topological polar surface area (TPSA) is 43.1 Å². The summed E-state index contributed by atoms with van der Waals surface area (Å²) in [5.74, 6) is -0.586. The first-order valence-electron chi connectivity index (χ1n) is 5.26. The maximum absolute atomic E-state index is 11.4. The van der Waals surface area contributed by atoms with Crippen LogP contribution in [0.4, 0.5) is 0 Å². The van der Waals surface area contributed by atoms with Gasteiger partial charge in [-0.25, -0.2) is 0 Å².